The highest BCUT2D eigenvalue weighted by Gasteiger charge is 2.19. The van der Waals surface area contributed by atoms with Gasteiger partial charge in [0, 0.05) is 6.54 Å². The number of hydrogen-bond acceptors (Lipinski definition) is 5. The van der Waals surface area contributed by atoms with Crippen LogP contribution in [0.15, 0.2) is 12.1 Å². The van der Waals surface area contributed by atoms with Gasteiger partial charge in [0.05, 0.1) is 33.5 Å². The SMILES string of the molecule is COc1cc([C@H]2COCCN2)cc(OC)c1O. The minimum Gasteiger partial charge on any atom is -0.502 e. The van der Waals surface area contributed by atoms with E-state index in [0.29, 0.717) is 18.1 Å². The first-order valence-corrected chi connectivity index (χ1v) is 5.52. The van der Waals surface area contributed by atoms with Crippen LogP contribution >= 0.6 is 0 Å². The minimum absolute atomic E-state index is 0.0236. The van der Waals surface area contributed by atoms with Gasteiger partial charge in [0.2, 0.25) is 5.75 Å². The number of morpholine rings is 1. The lowest BCUT2D eigenvalue weighted by Gasteiger charge is -2.25. The van der Waals surface area contributed by atoms with E-state index in [0.717, 1.165) is 18.7 Å². The average Bonchev–Trinajstić information content (AvgIpc) is 2.40. The van der Waals surface area contributed by atoms with Gasteiger partial charge in [0.1, 0.15) is 0 Å². The normalized spacial score (nSPS) is 20.0. The Morgan fingerprint density at radius 1 is 1.29 bits per heavy atom. The molecule has 1 aliphatic rings. The molecule has 1 heterocycles. The average molecular weight is 239 g/mol. The van der Waals surface area contributed by atoms with Crippen molar-refractivity contribution in [1.29, 1.82) is 0 Å². The maximum atomic E-state index is 9.81. The highest BCUT2D eigenvalue weighted by atomic mass is 16.5. The Morgan fingerprint density at radius 2 is 1.94 bits per heavy atom. The molecule has 1 atom stereocenters. The number of methoxy groups -OCH3 is 2. The summed E-state index contributed by atoms with van der Waals surface area (Å²) in [5.74, 6) is 0.842. The maximum Gasteiger partial charge on any atom is 0.200 e. The number of ether oxygens (including phenoxy) is 3. The van der Waals surface area contributed by atoms with Crippen molar-refractivity contribution < 1.29 is 19.3 Å². The van der Waals surface area contributed by atoms with Crippen LogP contribution < -0.4 is 14.8 Å². The maximum absolute atomic E-state index is 9.81. The molecular formula is C12H17NO4. The van der Waals surface area contributed by atoms with Crippen molar-refractivity contribution >= 4 is 0 Å². The van der Waals surface area contributed by atoms with Crippen LogP contribution in [0.5, 0.6) is 17.2 Å². The van der Waals surface area contributed by atoms with Gasteiger partial charge >= 0.3 is 0 Å². The molecule has 5 nitrogen and oxygen atoms in total. The van der Waals surface area contributed by atoms with Crippen molar-refractivity contribution in [2.75, 3.05) is 34.0 Å². The van der Waals surface area contributed by atoms with E-state index in [1.54, 1.807) is 12.1 Å². The summed E-state index contributed by atoms with van der Waals surface area (Å²) in [6.07, 6.45) is 0. The fourth-order valence-corrected chi connectivity index (χ4v) is 1.89. The number of nitrogens with one attached hydrogen (secondary N) is 1. The molecule has 5 heteroatoms. The molecule has 1 aliphatic heterocycles. The van der Waals surface area contributed by atoms with Gasteiger partial charge in [0.15, 0.2) is 11.5 Å². The fraction of sp³-hybridized carbons (Fsp3) is 0.500. The van der Waals surface area contributed by atoms with Crippen LogP contribution in [-0.2, 0) is 4.74 Å². The number of phenols is 1. The second kappa shape index (κ2) is 5.25. The van der Waals surface area contributed by atoms with E-state index in [1.165, 1.54) is 14.2 Å². The smallest absolute Gasteiger partial charge is 0.200 e. The lowest BCUT2D eigenvalue weighted by atomic mass is 10.1. The molecule has 0 spiro atoms. The molecule has 0 bridgehead atoms. The molecule has 0 amide bonds. The molecule has 0 aromatic heterocycles. The minimum atomic E-state index is 0.0236. The third-order valence-electron chi connectivity index (χ3n) is 2.83. The van der Waals surface area contributed by atoms with Gasteiger partial charge in [0.25, 0.3) is 0 Å². The molecule has 2 N–H and O–H groups in total. The zero-order valence-corrected chi connectivity index (χ0v) is 10.0. The predicted molar refractivity (Wildman–Crippen MR) is 62.8 cm³/mol. The number of rotatable bonds is 3. The van der Waals surface area contributed by atoms with Crippen LogP contribution in [0, 0.1) is 0 Å². The molecule has 0 aliphatic carbocycles. The van der Waals surface area contributed by atoms with Gasteiger partial charge in [-0.1, -0.05) is 0 Å². The number of phenolic OH excluding ortho intramolecular Hbond substituents is 1. The van der Waals surface area contributed by atoms with Gasteiger partial charge in [-0.15, -0.1) is 0 Å². The molecule has 17 heavy (non-hydrogen) atoms. The predicted octanol–water partition coefficient (Wildman–Crippen LogP) is 1.07. The Balaban J connectivity index is 2.33. The molecule has 94 valence electrons. The Morgan fingerprint density at radius 3 is 2.41 bits per heavy atom. The third kappa shape index (κ3) is 2.45. The molecule has 1 saturated heterocycles. The first-order valence-electron chi connectivity index (χ1n) is 5.52. The second-order valence-electron chi connectivity index (χ2n) is 3.86. The largest absolute Gasteiger partial charge is 0.502 e. The molecule has 0 unspecified atom stereocenters. The topological polar surface area (TPSA) is 60.0 Å². The molecule has 0 radical (unpaired) electrons. The van der Waals surface area contributed by atoms with Gasteiger partial charge < -0.3 is 24.6 Å². The Kier molecular flexibility index (Phi) is 3.71. The van der Waals surface area contributed by atoms with Gasteiger partial charge in [-0.2, -0.15) is 0 Å². The van der Waals surface area contributed by atoms with Crippen molar-refractivity contribution in [2.45, 2.75) is 6.04 Å². The van der Waals surface area contributed by atoms with Gasteiger partial charge in [-0.25, -0.2) is 0 Å². The number of hydrogen-bond donors (Lipinski definition) is 2. The van der Waals surface area contributed by atoms with Crippen LogP contribution in [0.4, 0.5) is 0 Å². The van der Waals surface area contributed by atoms with Crippen LogP contribution in [0.1, 0.15) is 11.6 Å². The highest BCUT2D eigenvalue weighted by molar-refractivity contribution is 5.53. The zero-order chi connectivity index (χ0) is 12.3. The van der Waals surface area contributed by atoms with Crippen LogP contribution in [-0.4, -0.2) is 39.1 Å². The number of benzene rings is 1. The zero-order valence-electron chi connectivity index (χ0n) is 10.0. The summed E-state index contributed by atoms with van der Waals surface area (Å²) in [7, 11) is 3.03. The molecule has 1 fully saturated rings. The number of aromatic hydroxyl groups is 1. The highest BCUT2D eigenvalue weighted by Crippen LogP contribution is 2.38. The van der Waals surface area contributed by atoms with Gasteiger partial charge in [-0.05, 0) is 17.7 Å². The van der Waals surface area contributed by atoms with Crippen LogP contribution in [0.3, 0.4) is 0 Å². The second-order valence-corrected chi connectivity index (χ2v) is 3.86. The summed E-state index contributed by atoms with van der Waals surface area (Å²) in [6, 6.07) is 3.70. The molecule has 1 aromatic carbocycles. The molecule has 2 rings (SSSR count). The third-order valence-corrected chi connectivity index (χ3v) is 2.83. The van der Waals surface area contributed by atoms with E-state index in [1.807, 2.05) is 0 Å². The summed E-state index contributed by atoms with van der Waals surface area (Å²) in [5.41, 5.74) is 0.983. The Bertz CT molecular complexity index is 363. The van der Waals surface area contributed by atoms with Crippen molar-refractivity contribution in [3.63, 3.8) is 0 Å². The lowest BCUT2D eigenvalue weighted by Crippen LogP contribution is -2.34. The Labute approximate surface area is 100 Å². The molecular weight excluding hydrogens is 222 g/mol. The summed E-state index contributed by atoms with van der Waals surface area (Å²) in [4.78, 5) is 0. The van der Waals surface area contributed by atoms with Crippen molar-refractivity contribution in [1.82, 2.24) is 5.32 Å². The molecule has 1 aromatic rings. The quantitative estimate of drug-likeness (QED) is 0.826. The fourth-order valence-electron chi connectivity index (χ4n) is 1.89. The monoisotopic (exact) mass is 239 g/mol. The summed E-state index contributed by atoms with van der Waals surface area (Å²) < 4.78 is 15.6. The molecule has 0 saturated carbocycles. The summed E-state index contributed by atoms with van der Waals surface area (Å²) >= 11 is 0. The van der Waals surface area contributed by atoms with E-state index >= 15 is 0 Å². The van der Waals surface area contributed by atoms with E-state index in [2.05, 4.69) is 5.32 Å². The first kappa shape index (κ1) is 12.0. The van der Waals surface area contributed by atoms with E-state index in [-0.39, 0.29) is 11.8 Å². The van der Waals surface area contributed by atoms with E-state index in [9.17, 15) is 5.11 Å². The van der Waals surface area contributed by atoms with Crippen molar-refractivity contribution in [2.24, 2.45) is 0 Å². The summed E-state index contributed by atoms with van der Waals surface area (Å²) in [5, 5.41) is 13.1. The van der Waals surface area contributed by atoms with Crippen LogP contribution in [0.2, 0.25) is 0 Å². The summed E-state index contributed by atoms with van der Waals surface area (Å²) in [6.45, 7) is 2.15. The van der Waals surface area contributed by atoms with Crippen LogP contribution in [0.25, 0.3) is 0 Å². The lowest BCUT2D eigenvalue weighted by molar-refractivity contribution is 0.0767. The Hall–Kier alpha value is -1.46. The van der Waals surface area contributed by atoms with E-state index in [4.69, 9.17) is 14.2 Å². The van der Waals surface area contributed by atoms with Gasteiger partial charge in [-0.3, -0.25) is 0 Å². The first-order chi connectivity index (χ1) is 8.26. The van der Waals surface area contributed by atoms with Crippen molar-refractivity contribution in [3.8, 4) is 17.2 Å². The standard InChI is InChI=1S/C12H17NO4/c1-15-10-5-8(6-11(16-2)12(10)14)9-7-17-4-3-13-9/h5-6,9,13-14H,3-4,7H2,1-2H3/t9-/m1/s1. The van der Waals surface area contributed by atoms with E-state index < -0.39 is 0 Å². The van der Waals surface area contributed by atoms with Crippen molar-refractivity contribution in [3.05, 3.63) is 17.7 Å².